The fraction of sp³-hybridized carbons (Fsp3) is 0.833. The zero-order valence-electron chi connectivity index (χ0n) is 12.6. The van der Waals surface area contributed by atoms with Gasteiger partial charge in [-0.3, -0.25) is 4.79 Å². The van der Waals surface area contributed by atoms with Crippen LogP contribution in [0, 0.1) is 11.8 Å². The highest BCUT2D eigenvalue weighted by atomic mass is 16.1. The molecule has 0 saturated heterocycles. The third-order valence-corrected chi connectivity index (χ3v) is 5.04. The van der Waals surface area contributed by atoms with Gasteiger partial charge in [-0.2, -0.15) is 0 Å². The molecule has 0 unspecified atom stereocenters. The molecule has 0 aliphatic heterocycles. The summed E-state index contributed by atoms with van der Waals surface area (Å²) in [7, 11) is 0. The quantitative estimate of drug-likeness (QED) is 0.644. The molecule has 0 radical (unpaired) electrons. The molecule has 2 aliphatic carbocycles. The van der Waals surface area contributed by atoms with Gasteiger partial charge >= 0.3 is 0 Å². The number of Topliss-reactive ketones (excluding diaryl/α,β-unsaturated/α-hetero) is 1. The van der Waals surface area contributed by atoms with Crippen LogP contribution in [0.25, 0.3) is 0 Å². The van der Waals surface area contributed by atoms with Crippen LogP contribution in [0.3, 0.4) is 0 Å². The zero-order chi connectivity index (χ0) is 13.5. The van der Waals surface area contributed by atoms with E-state index in [9.17, 15) is 4.79 Å². The predicted octanol–water partition coefficient (Wildman–Crippen LogP) is 5.44. The summed E-state index contributed by atoms with van der Waals surface area (Å²) in [5.74, 6) is 1.78. The molecule has 2 rings (SSSR count). The molecule has 0 aromatic rings. The van der Waals surface area contributed by atoms with Gasteiger partial charge < -0.3 is 0 Å². The van der Waals surface area contributed by atoms with Gasteiger partial charge in [0.15, 0.2) is 5.78 Å². The normalized spacial score (nSPS) is 28.6. The molecule has 1 nitrogen and oxygen atoms in total. The number of rotatable bonds is 5. The predicted molar refractivity (Wildman–Crippen MR) is 81.1 cm³/mol. The van der Waals surface area contributed by atoms with Gasteiger partial charge in [0, 0.05) is 5.92 Å². The maximum Gasteiger partial charge on any atom is 0.161 e. The molecular weight excluding hydrogens is 232 g/mol. The van der Waals surface area contributed by atoms with Crippen molar-refractivity contribution >= 4 is 5.78 Å². The molecule has 2 aliphatic rings. The van der Waals surface area contributed by atoms with Crippen molar-refractivity contribution < 1.29 is 4.79 Å². The Morgan fingerprint density at radius 2 is 1.95 bits per heavy atom. The first-order chi connectivity index (χ1) is 9.31. The van der Waals surface area contributed by atoms with Gasteiger partial charge in [-0.15, -0.1) is 0 Å². The van der Waals surface area contributed by atoms with E-state index in [1.807, 2.05) is 0 Å². The van der Waals surface area contributed by atoms with Gasteiger partial charge in [0.25, 0.3) is 0 Å². The molecule has 0 amide bonds. The Morgan fingerprint density at radius 1 is 1.16 bits per heavy atom. The first-order valence-electron chi connectivity index (χ1n) is 8.54. The monoisotopic (exact) mass is 262 g/mol. The Morgan fingerprint density at radius 3 is 2.68 bits per heavy atom. The second kappa shape index (κ2) is 7.87. The lowest BCUT2D eigenvalue weighted by Crippen LogP contribution is -2.23. The van der Waals surface area contributed by atoms with Crippen LogP contribution in [-0.2, 0) is 4.79 Å². The van der Waals surface area contributed by atoms with E-state index in [2.05, 4.69) is 13.0 Å². The van der Waals surface area contributed by atoms with Gasteiger partial charge in [0.2, 0.25) is 0 Å². The van der Waals surface area contributed by atoms with Crippen LogP contribution in [0.4, 0.5) is 0 Å². The Labute approximate surface area is 118 Å². The second-order valence-electron chi connectivity index (χ2n) is 6.55. The van der Waals surface area contributed by atoms with Crippen LogP contribution in [0.15, 0.2) is 11.6 Å². The molecule has 1 fully saturated rings. The zero-order valence-corrected chi connectivity index (χ0v) is 12.6. The van der Waals surface area contributed by atoms with Crippen LogP contribution < -0.4 is 0 Å². The van der Waals surface area contributed by atoms with E-state index in [1.165, 1.54) is 56.9 Å². The van der Waals surface area contributed by atoms with Gasteiger partial charge in [0.05, 0.1) is 0 Å². The molecule has 0 heterocycles. The van der Waals surface area contributed by atoms with Crippen molar-refractivity contribution in [2.45, 2.75) is 84.0 Å². The summed E-state index contributed by atoms with van der Waals surface area (Å²) in [5, 5.41) is 0. The number of ketones is 1. The minimum Gasteiger partial charge on any atom is -0.294 e. The van der Waals surface area contributed by atoms with Gasteiger partial charge in [-0.05, 0) is 62.9 Å². The van der Waals surface area contributed by atoms with Crippen molar-refractivity contribution in [2.75, 3.05) is 0 Å². The highest BCUT2D eigenvalue weighted by Crippen LogP contribution is 2.34. The Kier molecular flexibility index (Phi) is 6.13. The number of unbranched alkanes of at least 4 members (excludes halogenated alkanes) is 1. The van der Waals surface area contributed by atoms with Crippen molar-refractivity contribution in [1.82, 2.24) is 0 Å². The third-order valence-electron chi connectivity index (χ3n) is 5.04. The van der Waals surface area contributed by atoms with Crippen LogP contribution in [0.2, 0.25) is 0 Å². The number of hydrogen-bond donors (Lipinski definition) is 0. The largest absolute Gasteiger partial charge is 0.294 e. The van der Waals surface area contributed by atoms with Gasteiger partial charge in [-0.1, -0.05) is 38.7 Å². The first kappa shape index (κ1) is 14.8. The summed E-state index contributed by atoms with van der Waals surface area (Å²) in [5.41, 5.74) is 1.18. The molecule has 0 aromatic heterocycles. The first-order valence-corrected chi connectivity index (χ1v) is 8.54. The second-order valence-corrected chi connectivity index (χ2v) is 6.55. The summed E-state index contributed by atoms with van der Waals surface area (Å²) < 4.78 is 0. The number of carbonyl (C=O) groups excluding carboxylic acids is 1. The fourth-order valence-electron chi connectivity index (χ4n) is 3.71. The molecule has 0 bridgehead atoms. The van der Waals surface area contributed by atoms with E-state index in [1.54, 1.807) is 0 Å². The molecule has 0 aromatic carbocycles. The molecule has 19 heavy (non-hydrogen) atoms. The number of carbonyl (C=O) groups is 1. The molecule has 108 valence electrons. The van der Waals surface area contributed by atoms with Crippen molar-refractivity contribution in [3.8, 4) is 0 Å². The topological polar surface area (TPSA) is 17.1 Å². The minimum absolute atomic E-state index is 0.363. The smallest absolute Gasteiger partial charge is 0.161 e. The summed E-state index contributed by atoms with van der Waals surface area (Å²) in [4.78, 5) is 12.6. The third kappa shape index (κ3) is 4.47. The lowest BCUT2D eigenvalue weighted by molar-refractivity contribution is -0.120. The Bertz CT molecular complexity index is 308. The lowest BCUT2D eigenvalue weighted by Gasteiger charge is -2.28. The van der Waals surface area contributed by atoms with Crippen molar-refractivity contribution in [3.63, 3.8) is 0 Å². The van der Waals surface area contributed by atoms with Crippen molar-refractivity contribution in [1.29, 1.82) is 0 Å². The van der Waals surface area contributed by atoms with E-state index in [4.69, 9.17) is 0 Å². The molecule has 1 heteroatoms. The molecule has 0 spiro atoms. The van der Waals surface area contributed by atoms with Crippen LogP contribution in [0.5, 0.6) is 0 Å². The molecular formula is C18H30O. The van der Waals surface area contributed by atoms with Gasteiger partial charge in [-0.25, -0.2) is 0 Å². The molecule has 0 atom stereocenters. The summed E-state index contributed by atoms with van der Waals surface area (Å²) in [6, 6.07) is 0. The van der Waals surface area contributed by atoms with Crippen LogP contribution in [-0.4, -0.2) is 5.78 Å². The standard InChI is InChI=1S/C18H30O/c1-2-3-8-15-11-13-17(14-12-15)18(19)16-9-6-4-5-7-10-16/h9,15,17H,2-8,10-14H2,1H3. The van der Waals surface area contributed by atoms with Gasteiger partial charge in [0.1, 0.15) is 0 Å². The molecule has 0 N–H and O–H groups in total. The van der Waals surface area contributed by atoms with E-state index < -0.39 is 0 Å². The van der Waals surface area contributed by atoms with E-state index in [0.29, 0.717) is 11.7 Å². The highest BCUT2D eigenvalue weighted by Gasteiger charge is 2.27. The van der Waals surface area contributed by atoms with Crippen molar-refractivity contribution in [3.05, 3.63) is 11.6 Å². The van der Waals surface area contributed by atoms with E-state index in [0.717, 1.165) is 31.6 Å². The number of hydrogen-bond acceptors (Lipinski definition) is 1. The summed E-state index contributed by atoms with van der Waals surface area (Å²) in [6.07, 6.45) is 17.2. The summed E-state index contributed by atoms with van der Waals surface area (Å²) >= 11 is 0. The summed E-state index contributed by atoms with van der Waals surface area (Å²) in [6.45, 7) is 2.27. The highest BCUT2D eigenvalue weighted by molar-refractivity contribution is 5.97. The maximum atomic E-state index is 12.6. The average molecular weight is 262 g/mol. The average Bonchev–Trinajstić information content (AvgIpc) is 2.74. The number of allylic oxidation sites excluding steroid dienone is 2. The molecule has 1 saturated carbocycles. The van der Waals surface area contributed by atoms with Crippen LogP contribution >= 0.6 is 0 Å². The Hall–Kier alpha value is -0.590. The van der Waals surface area contributed by atoms with E-state index >= 15 is 0 Å². The fourth-order valence-corrected chi connectivity index (χ4v) is 3.71. The van der Waals surface area contributed by atoms with E-state index in [-0.39, 0.29) is 0 Å². The van der Waals surface area contributed by atoms with Crippen molar-refractivity contribution in [2.24, 2.45) is 11.8 Å². The Balaban J connectivity index is 1.80. The minimum atomic E-state index is 0.363. The SMILES string of the molecule is CCCCC1CCC(C(=O)C2=CCCCCC2)CC1. The van der Waals surface area contributed by atoms with Crippen LogP contribution in [0.1, 0.15) is 84.0 Å². The maximum absolute atomic E-state index is 12.6. The lowest BCUT2D eigenvalue weighted by atomic mass is 9.76.